The number of phenols is 2. The van der Waals surface area contributed by atoms with E-state index in [-0.39, 0.29) is 11.5 Å². The summed E-state index contributed by atoms with van der Waals surface area (Å²) in [6, 6.07) is 0. The zero-order valence-electron chi connectivity index (χ0n) is 26.0. The van der Waals surface area contributed by atoms with Crippen molar-refractivity contribution in [2.24, 2.45) is 0 Å². The normalized spacial score (nSPS) is 11.4. The summed E-state index contributed by atoms with van der Waals surface area (Å²) >= 11 is 0. The molecule has 0 amide bonds. The van der Waals surface area contributed by atoms with Crippen LogP contribution < -0.4 is 4.74 Å². The third kappa shape index (κ3) is 14.1. The number of ether oxygens (including phenoxy) is 1. The summed E-state index contributed by atoms with van der Waals surface area (Å²) in [6.07, 6.45) is 29.5. The molecular weight excluding hydrogens is 468 g/mol. The van der Waals surface area contributed by atoms with E-state index in [4.69, 9.17) is 4.74 Å². The van der Waals surface area contributed by atoms with Gasteiger partial charge in [-0.3, -0.25) is 0 Å². The van der Waals surface area contributed by atoms with Gasteiger partial charge in [0.25, 0.3) is 0 Å². The van der Waals surface area contributed by atoms with Crippen LogP contribution in [0.3, 0.4) is 0 Å². The molecule has 0 saturated carbocycles. The standard InChI is InChI=1S/C35H64O3/c1-5-9-12-15-18-21-24-27-30-31(28-25-22-19-16-13-10-6-2)33(36)34(37)35(38-8-4)32(30)29-26-23-20-17-14-11-7-3/h36-37H,5-29H2,1-4H3. The van der Waals surface area contributed by atoms with E-state index in [1.54, 1.807) is 0 Å². The van der Waals surface area contributed by atoms with Gasteiger partial charge in [-0.15, -0.1) is 0 Å². The molecule has 1 aromatic rings. The maximum absolute atomic E-state index is 11.1. The number of rotatable bonds is 26. The fourth-order valence-electron chi connectivity index (χ4n) is 5.77. The van der Waals surface area contributed by atoms with Crippen LogP contribution in [-0.2, 0) is 19.3 Å². The van der Waals surface area contributed by atoms with Crippen molar-refractivity contribution in [1.82, 2.24) is 0 Å². The lowest BCUT2D eigenvalue weighted by molar-refractivity contribution is 0.303. The Kier molecular flexibility index (Phi) is 21.4. The van der Waals surface area contributed by atoms with Crippen molar-refractivity contribution in [3.8, 4) is 17.2 Å². The third-order valence-corrected chi connectivity index (χ3v) is 8.11. The van der Waals surface area contributed by atoms with Crippen molar-refractivity contribution in [2.45, 2.75) is 182 Å². The van der Waals surface area contributed by atoms with E-state index in [0.29, 0.717) is 12.4 Å². The monoisotopic (exact) mass is 532 g/mol. The molecule has 38 heavy (non-hydrogen) atoms. The van der Waals surface area contributed by atoms with Crippen LogP contribution in [0, 0.1) is 0 Å². The quantitative estimate of drug-likeness (QED) is 0.0921. The van der Waals surface area contributed by atoms with Crippen molar-refractivity contribution in [2.75, 3.05) is 6.61 Å². The van der Waals surface area contributed by atoms with Gasteiger partial charge < -0.3 is 14.9 Å². The maximum atomic E-state index is 11.1. The molecule has 3 nitrogen and oxygen atoms in total. The van der Waals surface area contributed by atoms with Gasteiger partial charge in [0, 0.05) is 11.1 Å². The Bertz CT molecular complexity index is 697. The Hall–Kier alpha value is -1.38. The van der Waals surface area contributed by atoms with Gasteiger partial charge in [-0.2, -0.15) is 0 Å². The molecule has 0 aromatic heterocycles. The summed E-state index contributed by atoms with van der Waals surface area (Å²) in [5.41, 5.74) is 3.47. The first-order chi connectivity index (χ1) is 18.6. The van der Waals surface area contributed by atoms with Gasteiger partial charge in [0.2, 0.25) is 5.75 Å². The highest BCUT2D eigenvalue weighted by molar-refractivity contribution is 5.62. The summed E-state index contributed by atoms with van der Waals surface area (Å²) in [7, 11) is 0. The zero-order valence-corrected chi connectivity index (χ0v) is 26.0. The lowest BCUT2D eigenvalue weighted by Crippen LogP contribution is -2.07. The smallest absolute Gasteiger partial charge is 0.201 e. The molecule has 1 aromatic carbocycles. The van der Waals surface area contributed by atoms with Crippen LogP contribution >= 0.6 is 0 Å². The molecular formula is C35H64O3. The summed E-state index contributed by atoms with van der Waals surface area (Å²) < 4.78 is 6.00. The van der Waals surface area contributed by atoms with Crippen molar-refractivity contribution in [1.29, 1.82) is 0 Å². The summed E-state index contributed by atoms with van der Waals surface area (Å²) in [6.45, 7) is 9.27. The van der Waals surface area contributed by atoms with E-state index in [1.165, 1.54) is 127 Å². The van der Waals surface area contributed by atoms with Crippen LogP contribution in [0.1, 0.15) is 179 Å². The minimum Gasteiger partial charge on any atom is -0.504 e. The Morgan fingerprint density at radius 1 is 0.395 bits per heavy atom. The number of phenolic OH excluding ortho intramolecular Hbond substituents is 2. The Balaban J connectivity index is 2.99. The third-order valence-electron chi connectivity index (χ3n) is 8.11. The average molecular weight is 533 g/mol. The van der Waals surface area contributed by atoms with Gasteiger partial charge in [0.05, 0.1) is 6.61 Å². The molecule has 0 saturated heterocycles. The number of unbranched alkanes of at least 4 members (excludes halogenated alkanes) is 18. The minimum absolute atomic E-state index is 0.0222. The second kappa shape index (κ2) is 23.5. The van der Waals surface area contributed by atoms with Gasteiger partial charge >= 0.3 is 0 Å². The number of hydrogen-bond acceptors (Lipinski definition) is 3. The van der Waals surface area contributed by atoms with Gasteiger partial charge in [0.1, 0.15) is 0 Å². The van der Waals surface area contributed by atoms with Crippen molar-refractivity contribution >= 4 is 0 Å². The van der Waals surface area contributed by atoms with Crippen LogP contribution in [0.4, 0.5) is 0 Å². The highest BCUT2D eigenvalue weighted by Crippen LogP contribution is 2.46. The van der Waals surface area contributed by atoms with E-state index >= 15 is 0 Å². The van der Waals surface area contributed by atoms with Crippen molar-refractivity contribution in [3.63, 3.8) is 0 Å². The fourth-order valence-corrected chi connectivity index (χ4v) is 5.77. The fraction of sp³-hybridized carbons (Fsp3) is 0.829. The first kappa shape index (κ1) is 34.6. The molecule has 0 bridgehead atoms. The molecule has 0 heterocycles. The lowest BCUT2D eigenvalue weighted by atomic mass is 9.88. The topological polar surface area (TPSA) is 49.7 Å². The van der Waals surface area contributed by atoms with E-state index in [1.807, 2.05) is 6.92 Å². The summed E-state index contributed by atoms with van der Waals surface area (Å²) in [5.74, 6) is 0.615. The highest BCUT2D eigenvalue weighted by atomic mass is 16.5. The SMILES string of the molecule is CCCCCCCCCc1c(O)c(O)c(OCC)c(CCCCCCCCC)c1CCCCCCCCC. The lowest BCUT2D eigenvalue weighted by Gasteiger charge is -2.22. The summed E-state index contributed by atoms with van der Waals surface area (Å²) in [5, 5.41) is 22.2. The molecule has 2 N–H and O–H groups in total. The Morgan fingerprint density at radius 2 is 0.737 bits per heavy atom. The van der Waals surface area contributed by atoms with E-state index < -0.39 is 0 Å². The number of benzene rings is 1. The molecule has 3 heteroatoms. The molecule has 0 radical (unpaired) electrons. The van der Waals surface area contributed by atoms with E-state index in [0.717, 1.165) is 44.1 Å². The van der Waals surface area contributed by atoms with Gasteiger partial charge in [-0.05, 0) is 51.0 Å². The van der Waals surface area contributed by atoms with Gasteiger partial charge in [-0.1, -0.05) is 136 Å². The molecule has 0 unspecified atom stereocenters. The zero-order chi connectivity index (χ0) is 27.8. The molecule has 0 aliphatic carbocycles. The minimum atomic E-state index is -0.0222. The number of aromatic hydroxyl groups is 2. The predicted molar refractivity (Wildman–Crippen MR) is 166 cm³/mol. The average Bonchev–Trinajstić information content (AvgIpc) is 2.92. The molecule has 0 atom stereocenters. The van der Waals surface area contributed by atoms with Gasteiger partial charge in [-0.25, -0.2) is 0 Å². The van der Waals surface area contributed by atoms with E-state index in [9.17, 15) is 10.2 Å². The molecule has 0 spiro atoms. The van der Waals surface area contributed by atoms with Crippen molar-refractivity contribution in [3.05, 3.63) is 16.7 Å². The van der Waals surface area contributed by atoms with Crippen LogP contribution in [0.15, 0.2) is 0 Å². The largest absolute Gasteiger partial charge is 0.504 e. The molecule has 222 valence electrons. The molecule has 0 aliphatic rings. The predicted octanol–water partition coefficient (Wildman–Crippen LogP) is 11.4. The Morgan fingerprint density at radius 3 is 1.13 bits per heavy atom. The number of hydrogen-bond donors (Lipinski definition) is 2. The van der Waals surface area contributed by atoms with Gasteiger partial charge in [0.15, 0.2) is 11.5 Å². The Labute approximate surface area is 237 Å². The molecule has 0 fully saturated rings. The van der Waals surface area contributed by atoms with E-state index in [2.05, 4.69) is 20.8 Å². The van der Waals surface area contributed by atoms with Crippen LogP contribution in [0.25, 0.3) is 0 Å². The molecule has 1 rings (SSSR count). The first-order valence-corrected chi connectivity index (χ1v) is 16.8. The summed E-state index contributed by atoms with van der Waals surface area (Å²) in [4.78, 5) is 0. The second-order valence-electron chi connectivity index (χ2n) is 11.5. The first-order valence-electron chi connectivity index (χ1n) is 16.8. The van der Waals surface area contributed by atoms with Crippen molar-refractivity contribution < 1.29 is 14.9 Å². The van der Waals surface area contributed by atoms with Crippen LogP contribution in [-0.4, -0.2) is 16.8 Å². The molecule has 0 aliphatic heterocycles. The van der Waals surface area contributed by atoms with Crippen LogP contribution in [0.5, 0.6) is 17.2 Å². The highest BCUT2D eigenvalue weighted by Gasteiger charge is 2.24. The van der Waals surface area contributed by atoms with Crippen LogP contribution in [0.2, 0.25) is 0 Å². The maximum Gasteiger partial charge on any atom is 0.201 e. The second-order valence-corrected chi connectivity index (χ2v) is 11.5.